The third-order valence-corrected chi connectivity index (χ3v) is 0.447. The van der Waals surface area contributed by atoms with Crippen LogP contribution in [0.2, 0.25) is 0 Å². The monoisotopic (exact) mass is 82.0 g/mol. The predicted octanol–water partition coefficient (Wildman–Crippen LogP) is -0.875. The van der Waals surface area contributed by atoms with E-state index in [1.165, 1.54) is 12.2 Å². The summed E-state index contributed by atoms with van der Waals surface area (Å²) in [6, 6.07) is 0. The van der Waals surface area contributed by atoms with Gasteiger partial charge in [0.15, 0.2) is 0 Å². The second-order valence-corrected chi connectivity index (χ2v) is 0.872. The van der Waals surface area contributed by atoms with Crippen molar-refractivity contribution in [2.45, 2.75) is 0 Å². The van der Waals surface area contributed by atoms with E-state index < -0.39 is 0 Å². The fraction of sp³-hybridized carbons (Fsp3) is 0. The Morgan fingerprint density at radius 1 is 1.83 bits per heavy atom. The standard InChI is InChI=1S/C4H2O2/c5-4-2-1-3-6-4/h1-2H. The van der Waals surface area contributed by atoms with Gasteiger partial charge in [-0.1, -0.05) is 0 Å². The molecule has 30 valence electrons. The fourth-order valence-electron chi connectivity index (χ4n) is 0.228. The van der Waals surface area contributed by atoms with Crippen molar-refractivity contribution in [2.24, 2.45) is 0 Å². The van der Waals surface area contributed by atoms with Gasteiger partial charge in [0.2, 0.25) is 0 Å². The summed E-state index contributed by atoms with van der Waals surface area (Å²) < 4.78 is 4.15. The molecule has 0 aliphatic carbocycles. The van der Waals surface area contributed by atoms with Crippen molar-refractivity contribution in [2.75, 3.05) is 0 Å². The summed E-state index contributed by atoms with van der Waals surface area (Å²) in [7, 11) is 0. The minimum absolute atomic E-state index is 0.338. The topological polar surface area (TPSA) is 34.4 Å². The average Bonchev–Trinajstić information content (AvgIpc) is 1.86. The van der Waals surface area contributed by atoms with Gasteiger partial charge in [-0.25, -0.2) is 5.11 Å². The van der Waals surface area contributed by atoms with E-state index in [1.54, 1.807) is 0 Å². The molecule has 0 N–H and O–H groups in total. The summed E-state index contributed by atoms with van der Waals surface area (Å²) in [5.74, 6) is 1.90. The molecular weight excluding hydrogens is 80.0 g/mol. The predicted molar refractivity (Wildman–Crippen MR) is 18.3 cm³/mol. The van der Waals surface area contributed by atoms with Crippen LogP contribution in [0.15, 0.2) is 18.1 Å². The Hall–Kier alpha value is -1.01. The van der Waals surface area contributed by atoms with Crippen molar-refractivity contribution in [1.82, 2.24) is 0 Å². The molecule has 0 radical (unpaired) electrons. The molecule has 0 bridgehead atoms. The lowest BCUT2D eigenvalue weighted by Crippen LogP contribution is -1.98. The normalized spacial score (nSPS) is 15.7. The molecule has 0 unspecified atom stereocenters. The van der Waals surface area contributed by atoms with E-state index in [4.69, 9.17) is 0 Å². The van der Waals surface area contributed by atoms with Crippen LogP contribution in [0.3, 0.4) is 0 Å². The highest BCUT2D eigenvalue weighted by atomic mass is 16.5. The maximum Gasteiger partial charge on any atom is 0.344 e. The van der Waals surface area contributed by atoms with Crippen molar-refractivity contribution in [3.05, 3.63) is 18.1 Å². The van der Waals surface area contributed by atoms with Crippen LogP contribution >= 0.6 is 0 Å². The lowest BCUT2D eigenvalue weighted by Gasteiger charge is -1.67. The molecule has 1 aliphatic rings. The molecule has 0 aromatic heterocycles. The van der Waals surface area contributed by atoms with Crippen molar-refractivity contribution in [3.8, 4) is 0 Å². The molecule has 2 heteroatoms. The molecule has 0 aromatic rings. The largest absolute Gasteiger partial charge is 0.377 e. The zero-order valence-corrected chi connectivity index (χ0v) is 2.97. The summed E-state index contributed by atoms with van der Waals surface area (Å²) in [5.41, 5.74) is 0. The minimum atomic E-state index is -0.338. The van der Waals surface area contributed by atoms with Crippen molar-refractivity contribution < 1.29 is 9.53 Å². The number of hydrogen-bond donors (Lipinski definition) is 0. The minimum Gasteiger partial charge on any atom is -0.377 e. The van der Waals surface area contributed by atoms with E-state index in [-0.39, 0.29) is 5.95 Å². The van der Waals surface area contributed by atoms with Gasteiger partial charge in [-0.15, -0.1) is 0 Å². The van der Waals surface area contributed by atoms with Gasteiger partial charge in [-0.2, -0.15) is 0 Å². The SMILES string of the molecule is [O-]C1=CC=C=[O+]1. The molecule has 0 spiro atoms. The number of allylic oxidation sites excluding steroid dienone is 2. The summed E-state index contributed by atoms with van der Waals surface area (Å²) in [4.78, 5) is 0. The van der Waals surface area contributed by atoms with Crippen LogP contribution in [0.25, 0.3) is 0 Å². The Kier molecular flexibility index (Phi) is 0.529. The molecule has 2 nitrogen and oxygen atoms in total. The zero-order chi connectivity index (χ0) is 4.41. The van der Waals surface area contributed by atoms with Crippen LogP contribution in [0.4, 0.5) is 0 Å². The van der Waals surface area contributed by atoms with E-state index >= 15 is 0 Å². The molecular formula is C4H2O2. The van der Waals surface area contributed by atoms with E-state index in [1.807, 2.05) is 0 Å². The highest BCUT2D eigenvalue weighted by Crippen LogP contribution is 1.81. The zero-order valence-electron chi connectivity index (χ0n) is 2.97. The van der Waals surface area contributed by atoms with E-state index in [2.05, 4.69) is 10.4 Å². The second kappa shape index (κ2) is 0.994. The van der Waals surface area contributed by atoms with Gasteiger partial charge < -0.3 is 4.42 Å². The fourth-order valence-corrected chi connectivity index (χ4v) is 0.228. The third kappa shape index (κ3) is 0.330. The van der Waals surface area contributed by atoms with E-state index in [0.29, 0.717) is 0 Å². The first kappa shape index (κ1) is 3.19. The lowest BCUT2D eigenvalue weighted by molar-refractivity contribution is -0.368. The smallest absolute Gasteiger partial charge is 0.344 e. The molecule has 0 atom stereocenters. The molecule has 0 aromatic carbocycles. The van der Waals surface area contributed by atoms with Gasteiger partial charge in [-0.05, 0) is 0 Å². The maximum atomic E-state index is 9.87. The van der Waals surface area contributed by atoms with Gasteiger partial charge >= 0.3 is 5.95 Å². The first-order chi connectivity index (χ1) is 2.89. The molecule has 0 saturated carbocycles. The van der Waals surface area contributed by atoms with Crippen LogP contribution in [-0.2, 0) is 4.42 Å². The summed E-state index contributed by atoms with van der Waals surface area (Å²) in [5, 5.41) is 9.87. The molecule has 1 heterocycles. The molecule has 0 amide bonds. The lowest BCUT2D eigenvalue weighted by atomic mass is 10.6. The molecule has 0 fully saturated rings. The van der Waals surface area contributed by atoms with E-state index in [9.17, 15) is 5.11 Å². The third-order valence-electron chi connectivity index (χ3n) is 0.447. The first-order valence-corrected chi connectivity index (χ1v) is 1.52. The van der Waals surface area contributed by atoms with Crippen LogP contribution in [0.5, 0.6) is 0 Å². The Morgan fingerprint density at radius 3 is 2.83 bits per heavy atom. The quantitative estimate of drug-likeness (QED) is 0.276. The highest BCUT2D eigenvalue weighted by Gasteiger charge is 1.88. The van der Waals surface area contributed by atoms with Crippen LogP contribution in [-0.4, -0.2) is 5.94 Å². The molecule has 1 rings (SSSR count). The molecule has 0 saturated heterocycles. The van der Waals surface area contributed by atoms with Gasteiger partial charge in [0.1, 0.15) is 0 Å². The van der Waals surface area contributed by atoms with Crippen molar-refractivity contribution in [1.29, 1.82) is 0 Å². The van der Waals surface area contributed by atoms with Gasteiger partial charge in [0.05, 0.1) is 5.94 Å². The Balaban J connectivity index is 2.88. The Morgan fingerprint density at radius 2 is 2.67 bits per heavy atom. The second-order valence-electron chi connectivity index (χ2n) is 0.872. The van der Waals surface area contributed by atoms with E-state index in [0.717, 1.165) is 0 Å². The first-order valence-electron chi connectivity index (χ1n) is 1.52. The number of hydrogen-bond acceptors (Lipinski definition) is 1. The number of rotatable bonds is 0. The maximum absolute atomic E-state index is 9.87. The van der Waals surface area contributed by atoms with Gasteiger partial charge in [0, 0.05) is 12.2 Å². The number of carbonyl (C=O) groups excluding carboxylic acids is 1. The summed E-state index contributed by atoms with van der Waals surface area (Å²) in [6.45, 7) is 0. The summed E-state index contributed by atoms with van der Waals surface area (Å²) >= 11 is 0. The average molecular weight is 82.1 g/mol. The van der Waals surface area contributed by atoms with Crippen LogP contribution < -0.4 is 5.11 Å². The Labute approximate surface area is 34.7 Å². The van der Waals surface area contributed by atoms with Gasteiger partial charge in [-0.3, -0.25) is 0 Å². The van der Waals surface area contributed by atoms with Crippen LogP contribution in [0.1, 0.15) is 0 Å². The van der Waals surface area contributed by atoms with Crippen molar-refractivity contribution >= 4 is 5.94 Å². The van der Waals surface area contributed by atoms with Crippen molar-refractivity contribution in [3.63, 3.8) is 0 Å². The molecule has 6 heavy (non-hydrogen) atoms. The Bertz CT molecular complexity index is 138. The van der Waals surface area contributed by atoms with Crippen LogP contribution in [0, 0.1) is 0 Å². The highest BCUT2D eigenvalue weighted by molar-refractivity contribution is 5.52. The molecule has 1 aliphatic heterocycles. The van der Waals surface area contributed by atoms with Gasteiger partial charge in [0.25, 0.3) is 0 Å². The summed E-state index contributed by atoms with van der Waals surface area (Å²) in [6.07, 6.45) is 2.74.